The molecule has 0 aliphatic rings. The molecule has 0 aliphatic carbocycles. The minimum absolute atomic E-state index is 0.180. The molecule has 0 saturated heterocycles. The van der Waals surface area contributed by atoms with Crippen LogP contribution in [0.15, 0.2) is 59.5 Å². The number of nitrogens with zero attached hydrogens (tertiary/aromatic N) is 2. The van der Waals surface area contributed by atoms with Crippen LogP contribution in [0.25, 0.3) is 0 Å². The average molecular weight is 350 g/mol. The summed E-state index contributed by atoms with van der Waals surface area (Å²) >= 11 is 0. The van der Waals surface area contributed by atoms with Gasteiger partial charge in [0.15, 0.2) is 4.90 Å². The minimum Gasteiger partial charge on any atom is -0.293 e. The average Bonchev–Trinajstić information content (AvgIpc) is 2.59. The number of nitro benzene ring substituents is 1. The number of anilines is 1. The first-order valence-corrected chi connectivity index (χ1v) is 8.12. The van der Waals surface area contributed by atoms with Crippen molar-refractivity contribution in [2.45, 2.75) is 4.90 Å². The first-order chi connectivity index (χ1) is 11.4. The molecule has 0 aromatic heterocycles. The third kappa shape index (κ3) is 3.50. The van der Waals surface area contributed by atoms with E-state index in [1.54, 1.807) is 18.2 Å². The first kappa shape index (κ1) is 17.4. The van der Waals surface area contributed by atoms with Gasteiger partial charge in [-0.25, -0.2) is 14.3 Å². The molecule has 2 aromatic rings. The lowest BCUT2D eigenvalue weighted by molar-refractivity contribution is -0.387. The second-order valence-corrected chi connectivity index (χ2v) is 6.47. The molecule has 2 rings (SSSR count). The van der Waals surface area contributed by atoms with Crippen LogP contribution in [0.5, 0.6) is 0 Å². The smallest absolute Gasteiger partial charge is 0.289 e. The predicted octanol–water partition coefficient (Wildman–Crippen LogP) is 0.780. The maximum atomic E-state index is 12.9. The fraction of sp³-hybridized carbons (Fsp3) is 0.0714. The third-order valence-electron chi connectivity index (χ3n) is 3.12. The van der Waals surface area contributed by atoms with E-state index in [1.807, 2.05) is 5.43 Å². The lowest BCUT2D eigenvalue weighted by Gasteiger charge is -2.23. The highest BCUT2D eigenvalue weighted by atomic mass is 32.2. The molecule has 0 atom stereocenters. The van der Waals surface area contributed by atoms with Gasteiger partial charge in [0.1, 0.15) is 6.54 Å². The van der Waals surface area contributed by atoms with Crippen LogP contribution in [0.2, 0.25) is 0 Å². The Morgan fingerprint density at radius 1 is 1.12 bits per heavy atom. The van der Waals surface area contributed by atoms with E-state index in [-0.39, 0.29) is 5.69 Å². The summed E-state index contributed by atoms with van der Waals surface area (Å²) in [5.74, 6) is 4.27. The molecule has 0 heterocycles. The molecule has 3 N–H and O–H groups in total. The summed E-state index contributed by atoms with van der Waals surface area (Å²) < 4.78 is 26.6. The normalized spacial score (nSPS) is 10.9. The van der Waals surface area contributed by atoms with Crippen molar-refractivity contribution >= 4 is 27.3 Å². The van der Waals surface area contributed by atoms with Gasteiger partial charge in [-0.2, -0.15) is 0 Å². The standard InChI is InChI=1S/C14H14N4O5S/c15-16-14(19)10-17(11-6-2-1-3-7-11)24(22,23)13-9-5-4-8-12(13)18(20)21/h1-9H,10,15H2,(H,16,19). The van der Waals surface area contributed by atoms with Crippen molar-refractivity contribution in [1.82, 2.24) is 5.43 Å². The van der Waals surface area contributed by atoms with Gasteiger partial charge >= 0.3 is 0 Å². The predicted molar refractivity (Wildman–Crippen MR) is 86.4 cm³/mol. The molecule has 9 nitrogen and oxygen atoms in total. The summed E-state index contributed by atoms with van der Waals surface area (Å²) in [4.78, 5) is 21.4. The topological polar surface area (TPSA) is 136 Å². The number of nitro groups is 1. The van der Waals surface area contributed by atoms with Crippen LogP contribution in [-0.4, -0.2) is 25.8 Å². The zero-order chi connectivity index (χ0) is 17.7. The number of nitrogens with two attached hydrogens (primary N) is 1. The van der Waals surface area contributed by atoms with E-state index in [4.69, 9.17) is 5.84 Å². The molecule has 0 bridgehead atoms. The lowest BCUT2D eigenvalue weighted by atomic mass is 10.3. The Balaban J connectivity index is 2.60. The fourth-order valence-corrected chi connectivity index (χ4v) is 3.61. The van der Waals surface area contributed by atoms with Gasteiger partial charge in [0, 0.05) is 6.07 Å². The molecular weight excluding hydrogens is 336 g/mol. The zero-order valence-electron chi connectivity index (χ0n) is 12.3. The van der Waals surface area contributed by atoms with Crippen LogP contribution in [0.1, 0.15) is 0 Å². The number of para-hydroxylation sites is 2. The van der Waals surface area contributed by atoms with E-state index in [0.717, 1.165) is 16.4 Å². The van der Waals surface area contributed by atoms with Crippen LogP contribution in [0.4, 0.5) is 11.4 Å². The van der Waals surface area contributed by atoms with Crippen LogP contribution in [0, 0.1) is 10.1 Å². The van der Waals surface area contributed by atoms with Crippen molar-refractivity contribution in [3.05, 3.63) is 64.7 Å². The Morgan fingerprint density at radius 3 is 2.29 bits per heavy atom. The van der Waals surface area contributed by atoms with Crippen molar-refractivity contribution in [2.75, 3.05) is 10.8 Å². The molecule has 0 spiro atoms. The van der Waals surface area contributed by atoms with Gasteiger partial charge in [0.25, 0.3) is 21.6 Å². The molecule has 10 heteroatoms. The first-order valence-electron chi connectivity index (χ1n) is 6.68. The zero-order valence-corrected chi connectivity index (χ0v) is 13.1. The Kier molecular flexibility index (Phi) is 5.11. The maximum absolute atomic E-state index is 12.9. The Bertz CT molecular complexity index is 854. The Morgan fingerprint density at radius 2 is 1.71 bits per heavy atom. The summed E-state index contributed by atoms with van der Waals surface area (Å²) in [6.07, 6.45) is 0. The van der Waals surface area contributed by atoms with Gasteiger partial charge in [-0.15, -0.1) is 0 Å². The number of carbonyl (C=O) groups excluding carboxylic acids is 1. The van der Waals surface area contributed by atoms with E-state index in [2.05, 4.69) is 0 Å². The number of sulfonamides is 1. The van der Waals surface area contributed by atoms with Crippen molar-refractivity contribution in [1.29, 1.82) is 0 Å². The van der Waals surface area contributed by atoms with E-state index in [1.165, 1.54) is 24.3 Å². The van der Waals surface area contributed by atoms with E-state index < -0.39 is 38.0 Å². The van der Waals surface area contributed by atoms with Crippen LogP contribution >= 0.6 is 0 Å². The minimum atomic E-state index is -4.36. The second-order valence-electron chi connectivity index (χ2n) is 4.64. The summed E-state index contributed by atoms with van der Waals surface area (Å²) in [7, 11) is -4.36. The molecule has 24 heavy (non-hydrogen) atoms. The van der Waals surface area contributed by atoms with Gasteiger partial charge in [-0.05, 0) is 18.2 Å². The molecule has 1 amide bonds. The number of nitrogens with one attached hydrogen (secondary N) is 1. The van der Waals surface area contributed by atoms with E-state index in [9.17, 15) is 23.3 Å². The van der Waals surface area contributed by atoms with Gasteiger partial charge < -0.3 is 0 Å². The van der Waals surface area contributed by atoms with E-state index >= 15 is 0 Å². The molecule has 0 unspecified atom stereocenters. The summed E-state index contributed by atoms with van der Waals surface area (Å²) in [6.45, 7) is -0.616. The maximum Gasteiger partial charge on any atom is 0.289 e. The van der Waals surface area contributed by atoms with Crippen molar-refractivity contribution in [3.8, 4) is 0 Å². The molecule has 0 aliphatic heterocycles. The van der Waals surface area contributed by atoms with Crippen LogP contribution in [-0.2, 0) is 14.8 Å². The summed E-state index contributed by atoms with van der Waals surface area (Å²) in [6, 6.07) is 12.7. The number of hydrazine groups is 1. The molecule has 0 saturated carbocycles. The number of benzene rings is 2. The monoisotopic (exact) mass is 350 g/mol. The number of hydrogen-bond donors (Lipinski definition) is 2. The van der Waals surface area contributed by atoms with Gasteiger partial charge in [0.05, 0.1) is 10.6 Å². The molecular formula is C14H14N4O5S. The second kappa shape index (κ2) is 7.06. The number of carbonyl (C=O) groups is 1. The summed E-state index contributed by atoms with van der Waals surface area (Å²) in [5, 5.41) is 11.1. The highest BCUT2D eigenvalue weighted by Gasteiger charge is 2.32. The number of hydrogen-bond acceptors (Lipinski definition) is 6. The third-order valence-corrected chi connectivity index (χ3v) is 4.94. The van der Waals surface area contributed by atoms with Crippen LogP contribution < -0.4 is 15.6 Å². The SMILES string of the molecule is NNC(=O)CN(c1ccccc1)S(=O)(=O)c1ccccc1[N+](=O)[O-]. The number of amides is 1. The van der Waals surface area contributed by atoms with E-state index in [0.29, 0.717) is 0 Å². The molecule has 0 fully saturated rings. The van der Waals surface area contributed by atoms with Crippen molar-refractivity contribution in [3.63, 3.8) is 0 Å². The molecule has 0 radical (unpaired) electrons. The number of rotatable bonds is 6. The Hall–Kier alpha value is -2.98. The van der Waals surface area contributed by atoms with Gasteiger partial charge in [0.2, 0.25) is 0 Å². The quantitative estimate of drug-likeness (QED) is 0.342. The highest BCUT2D eigenvalue weighted by Crippen LogP contribution is 2.29. The van der Waals surface area contributed by atoms with Gasteiger partial charge in [-0.3, -0.25) is 24.6 Å². The van der Waals surface area contributed by atoms with Crippen LogP contribution in [0.3, 0.4) is 0 Å². The largest absolute Gasteiger partial charge is 0.293 e. The highest BCUT2D eigenvalue weighted by molar-refractivity contribution is 7.93. The van der Waals surface area contributed by atoms with Gasteiger partial charge in [-0.1, -0.05) is 30.3 Å². The molecule has 2 aromatic carbocycles. The lowest BCUT2D eigenvalue weighted by Crippen LogP contribution is -2.43. The molecule has 126 valence electrons. The van der Waals surface area contributed by atoms with Crippen molar-refractivity contribution < 1.29 is 18.1 Å². The van der Waals surface area contributed by atoms with Crippen molar-refractivity contribution in [2.24, 2.45) is 5.84 Å². The Labute approximate surface area is 137 Å². The fourth-order valence-electron chi connectivity index (χ4n) is 2.03. The summed E-state index contributed by atoms with van der Waals surface area (Å²) in [5.41, 5.74) is 1.45.